The van der Waals surface area contributed by atoms with E-state index in [1.807, 2.05) is 36.4 Å². The van der Waals surface area contributed by atoms with Crippen LogP contribution in [0.15, 0.2) is 60.7 Å². The van der Waals surface area contributed by atoms with Gasteiger partial charge in [-0.3, -0.25) is 19.2 Å². The third kappa shape index (κ3) is 3.87. The molecule has 4 rings (SSSR count). The molecule has 2 fully saturated rings. The summed E-state index contributed by atoms with van der Waals surface area (Å²) in [6, 6.07) is 17.2. The van der Waals surface area contributed by atoms with Crippen molar-refractivity contribution in [2.75, 3.05) is 6.61 Å². The molecule has 0 bridgehead atoms. The Morgan fingerprint density at radius 1 is 1.10 bits per heavy atom. The van der Waals surface area contributed by atoms with Crippen LogP contribution in [-0.2, 0) is 33.5 Å². The highest BCUT2D eigenvalue weighted by Crippen LogP contribution is 2.37. The van der Waals surface area contributed by atoms with Gasteiger partial charge < -0.3 is 14.8 Å². The molecule has 2 aromatic carbocycles. The zero-order chi connectivity index (χ0) is 21.8. The number of hydroxylamine groups is 2. The van der Waals surface area contributed by atoms with Crippen LogP contribution >= 0.6 is 0 Å². The molecule has 9 heteroatoms. The molecule has 2 aliphatic heterocycles. The normalized spacial score (nSPS) is 23.0. The highest BCUT2D eigenvalue weighted by molar-refractivity contribution is 5.93. The lowest BCUT2D eigenvalue weighted by Crippen LogP contribution is -2.57. The van der Waals surface area contributed by atoms with Gasteiger partial charge in [-0.05, 0) is 11.1 Å². The van der Waals surface area contributed by atoms with Crippen molar-refractivity contribution in [3.8, 4) is 0 Å². The molecule has 2 amide bonds. The number of ether oxygens (including phenoxy) is 2. The zero-order valence-electron chi connectivity index (χ0n) is 16.4. The van der Waals surface area contributed by atoms with Crippen LogP contribution in [0.1, 0.15) is 30.1 Å². The monoisotopic (exact) mass is 424 g/mol. The highest BCUT2D eigenvalue weighted by atomic mass is 16.8. The number of carbonyl (C=O) groups is 4. The van der Waals surface area contributed by atoms with Gasteiger partial charge in [-0.25, -0.2) is 4.79 Å². The number of esters is 2. The molecule has 2 aromatic rings. The highest BCUT2D eigenvalue weighted by Gasteiger charge is 2.60. The Labute approximate surface area is 177 Å². The van der Waals surface area contributed by atoms with Crippen LogP contribution in [-0.4, -0.2) is 47.7 Å². The van der Waals surface area contributed by atoms with Crippen LogP contribution in [0.3, 0.4) is 0 Å². The van der Waals surface area contributed by atoms with E-state index in [0.29, 0.717) is 22.6 Å². The van der Waals surface area contributed by atoms with Gasteiger partial charge in [-0.2, -0.15) is 5.06 Å². The first-order chi connectivity index (χ1) is 15.0. The summed E-state index contributed by atoms with van der Waals surface area (Å²) in [7, 11) is 0. The first-order valence-corrected chi connectivity index (χ1v) is 9.74. The molecule has 2 saturated heterocycles. The minimum absolute atomic E-state index is 0.0879. The number of hydrogen-bond donors (Lipinski definition) is 1. The zero-order valence-corrected chi connectivity index (χ0v) is 16.4. The molecule has 0 radical (unpaired) electrons. The number of hydrogen-bond acceptors (Lipinski definition) is 7. The first-order valence-electron chi connectivity index (χ1n) is 9.74. The molecule has 0 aliphatic carbocycles. The maximum atomic E-state index is 13.4. The van der Waals surface area contributed by atoms with Gasteiger partial charge >= 0.3 is 17.7 Å². The molecule has 160 valence electrons. The largest absolute Gasteiger partial charge is 0.448 e. The van der Waals surface area contributed by atoms with Gasteiger partial charge in [0.1, 0.15) is 12.6 Å². The van der Waals surface area contributed by atoms with Crippen molar-refractivity contribution in [3.05, 3.63) is 71.8 Å². The SMILES string of the molecule is O=CNC1CON(C2(C(=O)OC(c3ccccc3)c3ccccc3)CCC(=O)O2)C1=O. The van der Waals surface area contributed by atoms with Crippen LogP contribution in [0.2, 0.25) is 0 Å². The molecule has 2 aliphatic rings. The molecule has 1 N–H and O–H groups in total. The number of carbonyl (C=O) groups excluding carboxylic acids is 4. The number of nitrogens with one attached hydrogen (secondary N) is 1. The van der Waals surface area contributed by atoms with Crippen LogP contribution in [0.4, 0.5) is 0 Å². The first kappa shape index (κ1) is 20.5. The number of benzene rings is 2. The molecule has 2 unspecified atom stereocenters. The summed E-state index contributed by atoms with van der Waals surface area (Å²) in [5.74, 6) is -2.29. The van der Waals surface area contributed by atoms with Crippen molar-refractivity contribution < 1.29 is 33.5 Å². The van der Waals surface area contributed by atoms with E-state index < -0.39 is 35.7 Å². The molecule has 0 saturated carbocycles. The Morgan fingerprint density at radius 3 is 2.23 bits per heavy atom. The smallest absolute Gasteiger partial charge is 0.376 e. The van der Waals surface area contributed by atoms with E-state index in [0.717, 1.165) is 0 Å². The van der Waals surface area contributed by atoms with Crippen LogP contribution in [0, 0.1) is 0 Å². The molecule has 2 atom stereocenters. The second-order valence-electron chi connectivity index (χ2n) is 7.13. The third-order valence-electron chi connectivity index (χ3n) is 5.17. The number of amides is 2. The Hall–Kier alpha value is -3.72. The van der Waals surface area contributed by atoms with Gasteiger partial charge in [0.05, 0.1) is 6.42 Å². The van der Waals surface area contributed by atoms with E-state index in [1.165, 1.54) is 0 Å². The fraction of sp³-hybridized carbons (Fsp3) is 0.273. The van der Waals surface area contributed by atoms with Gasteiger partial charge in [-0.1, -0.05) is 60.7 Å². The van der Waals surface area contributed by atoms with E-state index in [4.69, 9.17) is 14.3 Å². The Kier molecular flexibility index (Phi) is 5.68. The Morgan fingerprint density at radius 2 is 1.71 bits per heavy atom. The third-order valence-corrected chi connectivity index (χ3v) is 5.17. The van der Waals surface area contributed by atoms with Gasteiger partial charge in [0.15, 0.2) is 6.10 Å². The fourth-order valence-corrected chi connectivity index (χ4v) is 3.62. The summed E-state index contributed by atoms with van der Waals surface area (Å²) in [6.45, 7) is -0.190. The van der Waals surface area contributed by atoms with E-state index in [2.05, 4.69) is 5.32 Å². The van der Waals surface area contributed by atoms with E-state index in [-0.39, 0.29) is 19.4 Å². The van der Waals surface area contributed by atoms with Gasteiger partial charge in [-0.15, -0.1) is 0 Å². The predicted octanol–water partition coefficient (Wildman–Crippen LogP) is 1.24. The second-order valence-corrected chi connectivity index (χ2v) is 7.13. The summed E-state index contributed by atoms with van der Waals surface area (Å²) in [5, 5.41) is 3.03. The van der Waals surface area contributed by atoms with Crippen LogP contribution < -0.4 is 5.32 Å². The van der Waals surface area contributed by atoms with E-state index in [9.17, 15) is 19.2 Å². The van der Waals surface area contributed by atoms with E-state index >= 15 is 0 Å². The minimum Gasteiger partial charge on any atom is -0.448 e. The summed E-state index contributed by atoms with van der Waals surface area (Å²) < 4.78 is 11.1. The molecule has 31 heavy (non-hydrogen) atoms. The maximum absolute atomic E-state index is 13.4. The fourth-order valence-electron chi connectivity index (χ4n) is 3.62. The van der Waals surface area contributed by atoms with Crippen molar-refractivity contribution in [1.82, 2.24) is 10.4 Å². The van der Waals surface area contributed by atoms with Gasteiger partial charge in [0.2, 0.25) is 6.41 Å². The van der Waals surface area contributed by atoms with Gasteiger partial charge in [0, 0.05) is 6.42 Å². The summed E-state index contributed by atoms with van der Waals surface area (Å²) in [5.41, 5.74) is -0.652. The van der Waals surface area contributed by atoms with Crippen molar-refractivity contribution in [3.63, 3.8) is 0 Å². The lowest BCUT2D eigenvalue weighted by Gasteiger charge is -2.33. The summed E-state index contributed by atoms with van der Waals surface area (Å²) in [4.78, 5) is 54.2. The van der Waals surface area contributed by atoms with Gasteiger partial charge in [0.25, 0.3) is 5.91 Å². The number of nitrogens with zero attached hydrogens (tertiary/aromatic N) is 1. The summed E-state index contributed by atoms with van der Waals surface area (Å²) >= 11 is 0. The maximum Gasteiger partial charge on any atom is 0.376 e. The minimum atomic E-state index is -2.06. The second kappa shape index (κ2) is 8.57. The summed E-state index contributed by atoms with van der Waals surface area (Å²) in [6.07, 6.45) is -0.648. The Bertz CT molecular complexity index is 942. The predicted molar refractivity (Wildman–Crippen MR) is 105 cm³/mol. The van der Waals surface area contributed by atoms with Crippen molar-refractivity contribution in [2.45, 2.75) is 30.7 Å². The quantitative estimate of drug-likeness (QED) is 0.526. The molecular weight excluding hydrogens is 404 g/mol. The average Bonchev–Trinajstić information content (AvgIpc) is 3.37. The number of rotatable bonds is 7. The molecule has 0 aromatic heterocycles. The standard InChI is InChI=1S/C22H20N2O7/c25-14-23-17-13-29-24(20(17)27)22(12-11-18(26)31-22)21(28)30-19(15-7-3-1-4-8-15)16-9-5-2-6-10-16/h1-10,14,17,19H,11-13H2,(H,23,25). The lowest BCUT2D eigenvalue weighted by molar-refractivity contribution is -0.260. The lowest BCUT2D eigenvalue weighted by atomic mass is 10.0. The van der Waals surface area contributed by atoms with Crippen LogP contribution in [0.5, 0.6) is 0 Å². The molecular formula is C22H20N2O7. The number of cyclic esters (lactones) is 1. The van der Waals surface area contributed by atoms with Crippen molar-refractivity contribution >= 4 is 24.3 Å². The van der Waals surface area contributed by atoms with Crippen LogP contribution in [0.25, 0.3) is 0 Å². The Balaban J connectivity index is 1.66. The van der Waals surface area contributed by atoms with Crippen molar-refractivity contribution in [2.24, 2.45) is 0 Å². The van der Waals surface area contributed by atoms with Crippen molar-refractivity contribution in [1.29, 1.82) is 0 Å². The molecule has 9 nitrogen and oxygen atoms in total. The van der Waals surface area contributed by atoms with E-state index in [1.54, 1.807) is 24.3 Å². The molecule has 2 heterocycles. The molecule has 0 spiro atoms. The average molecular weight is 424 g/mol. The topological polar surface area (TPSA) is 111 Å².